The number of urea groups is 1. The number of likely N-dealkylation sites (tertiary alicyclic amines) is 1. The summed E-state index contributed by atoms with van der Waals surface area (Å²) in [5.74, 6) is 0.154. The summed E-state index contributed by atoms with van der Waals surface area (Å²) in [6.07, 6.45) is 4.80. The quantitative estimate of drug-likeness (QED) is 0.834. The Kier molecular flexibility index (Phi) is 5.91. The lowest BCUT2D eigenvalue weighted by Crippen LogP contribution is -2.43. The third-order valence-corrected chi connectivity index (χ3v) is 4.80. The SMILES string of the molecule is CCCO[C@@H]1CCCN(C(=O)Nc2ccc(N3CCC3=O)cc2)CC1. The molecule has 0 radical (unpaired) electrons. The average molecular weight is 345 g/mol. The van der Waals surface area contributed by atoms with E-state index in [9.17, 15) is 9.59 Å². The molecule has 6 heteroatoms. The monoisotopic (exact) mass is 345 g/mol. The minimum atomic E-state index is -0.0658. The summed E-state index contributed by atoms with van der Waals surface area (Å²) in [5.41, 5.74) is 1.64. The summed E-state index contributed by atoms with van der Waals surface area (Å²) in [6.45, 7) is 5.17. The summed E-state index contributed by atoms with van der Waals surface area (Å²) in [5, 5.41) is 2.95. The minimum Gasteiger partial charge on any atom is -0.378 e. The van der Waals surface area contributed by atoms with Crippen molar-refractivity contribution in [3.8, 4) is 0 Å². The molecule has 6 nitrogen and oxygen atoms in total. The summed E-state index contributed by atoms with van der Waals surface area (Å²) in [7, 11) is 0. The van der Waals surface area contributed by atoms with Crippen LogP contribution in [-0.2, 0) is 9.53 Å². The van der Waals surface area contributed by atoms with E-state index in [2.05, 4.69) is 12.2 Å². The maximum absolute atomic E-state index is 12.5. The number of nitrogens with one attached hydrogen (secondary N) is 1. The predicted molar refractivity (Wildman–Crippen MR) is 97.9 cm³/mol. The van der Waals surface area contributed by atoms with Crippen molar-refractivity contribution < 1.29 is 14.3 Å². The van der Waals surface area contributed by atoms with E-state index in [0.29, 0.717) is 6.42 Å². The number of β-lactam (4-membered cyclic amide) rings is 1. The molecule has 3 amide bonds. The molecule has 136 valence electrons. The lowest BCUT2D eigenvalue weighted by Gasteiger charge is -2.30. The number of amides is 3. The summed E-state index contributed by atoms with van der Waals surface area (Å²) < 4.78 is 5.83. The van der Waals surface area contributed by atoms with Gasteiger partial charge in [0.05, 0.1) is 6.10 Å². The van der Waals surface area contributed by atoms with Gasteiger partial charge >= 0.3 is 6.03 Å². The molecule has 0 unspecified atom stereocenters. The van der Waals surface area contributed by atoms with Crippen LogP contribution in [0.15, 0.2) is 24.3 Å². The standard InChI is InChI=1S/C19H27N3O3/c1-2-14-25-17-4-3-11-21(12-9-17)19(24)20-15-5-7-16(8-6-15)22-13-10-18(22)23/h5-8,17H,2-4,9-14H2,1H3,(H,20,24)/t17-/m1/s1. The zero-order chi connectivity index (χ0) is 17.6. The highest BCUT2D eigenvalue weighted by Crippen LogP contribution is 2.24. The van der Waals surface area contributed by atoms with Crippen LogP contribution in [-0.4, -0.2) is 49.2 Å². The van der Waals surface area contributed by atoms with Crippen molar-refractivity contribution in [1.82, 2.24) is 4.90 Å². The number of ether oxygens (including phenoxy) is 1. The predicted octanol–water partition coefficient (Wildman–Crippen LogP) is 3.24. The first-order chi connectivity index (χ1) is 12.2. The Morgan fingerprint density at radius 2 is 2.00 bits per heavy atom. The van der Waals surface area contributed by atoms with Crippen LogP contribution in [0.2, 0.25) is 0 Å². The molecular weight excluding hydrogens is 318 g/mol. The van der Waals surface area contributed by atoms with Crippen LogP contribution in [0.3, 0.4) is 0 Å². The molecule has 1 atom stereocenters. The topological polar surface area (TPSA) is 61.9 Å². The summed E-state index contributed by atoms with van der Waals surface area (Å²) >= 11 is 0. The van der Waals surface area contributed by atoms with Gasteiger partial charge in [-0.05, 0) is 49.9 Å². The lowest BCUT2D eigenvalue weighted by atomic mass is 10.1. The Hall–Kier alpha value is -2.08. The second-order valence-corrected chi connectivity index (χ2v) is 6.68. The summed E-state index contributed by atoms with van der Waals surface area (Å²) in [4.78, 5) is 27.6. The lowest BCUT2D eigenvalue weighted by molar-refractivity contribution is -0.122. The van der Waals surface area contributed by atoms with Gasteiger partial charge in [0.25, 0.3) is 0 Å². The second kappa shape index (κ2) is 8.34. The highest BCUT2D eigenvalue weighted by atomic mass is 16.5. The average Bonchev–Trinajstić information content (AvgIpc) is 2.86. The molecule has 2 saturated heterocycles. The number of rotatable bonds is 5. The zero-order valence-corrected chi connectivity index (χ0v) is 14.9. The number of carbonyl (C=O) groups is 2. The van der Waals surface area contributed by atoms with Gasteiger partial charge < -0.3 is 19.9 Å². The molecule has 0 saturated carbocycles. The fourth-order valence-electron chi connectivity index (χ4n) is 3.24. The van der Waals surface area contributed by atoms with Gasteiger partial charge in [0.1, 0.15) is 0 Å². The van der Waals surface area contributed by atoms with E-state index in [-0.39, 0.29) is 18.0 Å². The van der Waals surface area contributed by atoms with Gasteiger partial charge in [-0.25, -0.2) is 4.79 Å². The van der Waals surface area contributed by atoms with Gasteiger partial charge in [0.15, 0.2) is 0 Å². The number of hydrogen-bond acceptors (Lipinski definition) is 3. The number of carbonyl (C=O) groups excluding carboxylic acids is 2. The van der Waals surface area contributed by atoms with Crippen LogP contribution in [0.4, 0.5) is 16.2 Å². The van der Waals surface area contributed by atoms with Gasteiger partial charge in [-0.15, -0.1) is 0 Å². The largest absolute Gasteiger partial charge is 0.378 e. The Labute approximate surface area is 149 Å². The first-order valence-electron chi connectivity index (χ1n) is 9.25. The van der Waals surface area contributed by atoms with Crippen molar-refractivity contribution in [2.45, 2.75) is 45.1 Å². The maximum Gasteiger partial charge on any atom is 0.321 e. The van der Waals surface area contributed by atoms with E-state index in [1.165, 1.54) is 0 Å². The number of nitrogens with zero attached hydrogens (tertiary/aromatic N) is 2. The third kappa shape index (κ3) is 4.51. The maximum atomic E-state index is 12.5. The Morgan fingerprint density at radius 3 is 2.64 bits per heavy atom. The van der Waals surface area contributed by atoms with Crippen molar-refractivity contribution in [3.63, 3.8) is 0 Å². The Bertz CT molecular complexity index is 602. The molecule has 1 aromatic carbocycles. The van der Waals surface area contributed by atoms with Crippen LogP contribution in [0.25, 0.3) is 0 Å². The molecule has 25 heavy (non-hydrogen) atoms. The molecule has 2 aliphatic rings. The van der Waals surface area contributed by atoms with Gasteiger partial charge in [0, 0.05) is 44.0 Å². The molecule has 1 aromatic rings. The van der Waals surface area contributed by atoms with E-state index < -0.39 is 0 Å². The molecule has 0 spiro atoms. The van der Waals surface area contributed by atoms with E-state index in [1.54, 1.807) is 4.90 Å². The Balaban J connectivity index is 1.50. The number of anilines is 2. The molecule has 2 fully saturated rings. The van der Waals surface area contributed by atoms with Crippen molar-refractivity contribution in [3.05, 3.63) is 24.3 Å². The van der Waals surface area contributed by atoms with Crippen molar-refractivity contribution in [2.24, 2.45) is 0 Å². The molecule has 0 aliphatic carbocycles. The number of hydrogen-bond donors (Lipinski definition) is 1. The van der Waals surface area contributed by atoms with Crippen LogP contribution < -0.4 is 10.2 Å². The molecule has 2 heterocycles. The van der Waals surface area contributed by atoms with Crippen molar-refractivity contribution >= 4 is 23.3 Å². The van der Waals surface area contributed by atoms with Crippen LogP contribution >= 0.6 is 0 Å². The molecule has 2 aliphatic heterocycles. The van der Waals surface area contributed by atoms with Gasteiger partial charge in [-0.2, -0.15) is 0 Å². The molecule has 0 aromatic heterocycles. The fraction of sp³-hybridized carbons (Fsp3) is 0.579. The Morgan fingerprint density at radius 1 is 1.20 bits per heavy atom. The first-order valence-corrected chi connectivity index (χ1v) is 9.25. The molecule has 3 rings (SSSR count). The fourth-order valence-corrected chi connectivity index (χ4v) is 3.24. The highest BCUT2D eigenvalue weighted by molar-refractivity contribution is 5.99. The smallest absolute Gasteiger partial charge is 0.321 e. The van der Waals surface area contributed by atoms with E-state index in [0.717, 1.165) is 63.3 Å². The van der Waals surface area contributed by atoms with Crippen molar-refractivity contribution in [1.29, 1.82) is 0 Å². The molecule has 1 N–H and O–H groups in total. The third-order valence-electron chi connectivity index (χ3n) is 4.80. The van der Waals surface area contributed by atoms with Gasteiger partial charge in [-0.1, -0.05) is 6.92 Å². The second-order valence-electron chi connectivity index (χ2n) is 6.68. The van der Waals surface area contributed by atoms with Crippen LogP contribution in [0.5, 0.6) is 0 Å². The highest BCUT2D eigenvalue weighted by Gasteiger charge is 2.25. The van der Waals surface area contributed by atoms with E-state index >= 15 is 0 Å². The minimum absolute atomic E-state index is 0.0658. The molecule has 0 bridgehead atoms. The normalized spacial score (nSPS) is 20.8. The van der Waals surface area contributed by atoms with Gasteiger partial charge in [-0.3, -0.25) is 4.79 Å². The van der Waals surface area contributed by atoms with E-state index in [4.69, 9.17) is 4.74 Å². The van der Waals surface area contributed by atoms with E-state index in [1.807, 2.05) is 29.2 Å². The number of benzene rings is 1. The zero-order valence-electron chi connectivity index (χ0n) is 14.9. The van der Waals surface area contributed by atoms with Crippen LogP contribution in [0, 0.1) is 0 Å². The van der Waals surface area contributed by atoms with Crippen molar-refractivity contribution in [2.75, 3.05) is 36.5 Å². The molecular formula is C19H27N3O3. The van der Waals surface area contributed by atoms with Gasteiger partial charge in [0.2, 0.25) is 5.91 Å². The summed E-state index contributed by atoms with van der Waals surface area (Å²) in [6, 6.07) is 7.39. The van der Waals surface area contributed by atoms with Crippen LogP contribution in [0.1, 0.15) is 39.0 Å². The first kappa shape index (κ1) is 17.7.